The number of halogens is 1. The van der Waals surface area contributed by atoms with E-state index in [1.807, 2.05) is 18.3 Å². The second kappa shape index (κ2) is 5.10. The van der Waals surface area contributed by atoms with Gasteiger partial charge >= 0.3 is 0 Å². The van der Waals surface area contributed by atoms with E-state index in [0.29, 0.717) is 0 Å². The quantitative estimate of drug-likeness (QED) is 0.759. The molecule has 1 N–H and O–H groups in total. The predicted octanol–water partition coefficient (Wildman–Crippen LogP) is 4.04. The average Bonchev–Trinajstić information content (AvgIpc) is 2.80. The Morgan fingerprint density at radius 2 is 1.85 bits per heavy atom. The predicted molar refractivity (Wildman–Crippen MR) is 81.1 cm³/mol. The zero-order chi connectivity index (χ0) is 14.1. The van der Waals surface area contributed by atoms with Crippen LogP contribution in [-0.2, 0) is 6.54 Å². The molecule has 0 aliphatic rings. The molecule has 102 valence electrons. The molecule has 3 rings (SSSR count). The largest absolute Gasteiger partial charge is 0.361 e. The minimum atomic E-state index is -0.204. The monoisotopic (exact) mass is 268 g/mol. The molecule has 0 saturated heterocycles. The van der Waals surface area contributed by atoms with Gasteiger partial charge < -0.3 is 9.88 Å². The standard InChI is InChI=1S/C17H17FN2/c1-20(2)11-14-10-19-17-7-6-13(9-16(14)17)12-4-3-5-15(18)8-12/h3-10,19H,11H2,1-2H3. The van der Waals surface area contributed by atoms with Crippen molar-refractivity contribution in [2.45, 2.75) is 6.54 Å². The molecule has 0 amide bonds. The Hall–Kier alpha value is -2.13. The van der Waals surface area contributed by atoms with E-state index in [4.69, 9.17) is 0 Å². The number of hydrogen-bond acceptors (Lipinski definition) is 1. The van der Waals surface area contributed by atoms with Crippen molar-refractivity contribution < 1.29 is 4.39 Å². The molecule has 2 nitrogen and oxygen atoms in total. The van der Waals surface area contributed by atoms with Gasteiger partial charge in [-0.3, -0.25) is 0 Å². The van der Waals surface area contributed by atoms with Crippen molar-refractivity contribution in [3.63, 3.8) is 0 Å². The van der Waals surface area contributed by atoms with Gasteiger partial charge in [0.25, 0.3) is 0 Å². The molecule has 20 heavy (non-hydrogen) atoms. The summed E-state index contributed by atoms with van der Waals surface area (Å²) in [5.41, 5.74) is 4.31. The summed E-state index contributed by atoms with van der Waals surface area (Å²) in [6.07, 6.45) is 2.04. The van der Waals surface area contributed by atoms with Gasteiger partial charge in [-0.15, -0.1) is 0 Å². The smallest absolute Gasteiger partial charge is 0.123 e. The van der Waals surface area contributed by atoms with E-state index in [9.17, 15) is 4.39 Å². The number of hydrogen-bond donors (Lipinski definition) is 1. The van der Waals surface area contributed by atoms with Crippen LogP contribution in [0.4, 0.5) is 4.39 Å². The molecular weight excluding hydrogens is 251 g/mol. The van der Waals surface area contributed by atoms with Crippen molar-refractivity contribution in [2.75, 3.05) is 14.1 Å². The van der Waals surface area contributed by atoms with Crippen molar-refractivity contribution in [3.05, 3.63) is 60.0 Å². The number of aromatic amines is 1. The van der Waals surface area contributed by atoms with Crippen LogP contribution in [-0.4, -0.2) is 24.0 Å². The van der Waals surface area contributed by atoms with Gasteiger partial charge in [0, 0.05) is 23.6 Å². The highest BCUT2D eigenvalue weighted by molar-refractivity contribution is 5.88. The second-order valence-electron chi connectivity index (χ2n) is 5.32. The van der Waals surface area contributed by atoms with E-state index < -0.39 is 0 Å². The zero-order valence-corrected chi connectivity index (χ0v) is 11.7. The lowest BCUT2D eigenvalue weighted by atomic mass is 10.0. The summed E-state index contributed by atoms with van der Waals surface area (Å²) in [5, 5.41) is 1.19. The second-order valence-corrected chi connectivity index (χ2v) is 5.32. The van der Waals surface area contributed by atoms with Gasteiger partial charge in [-0.25, -0.2) is 4.39 Å². The lowest BCUT2D eigenvalue weighted by Crippen LogP contribution is -2.10. The highest BCUT2D eigenvalue weighted by atomic mass is 19.1. The van der Waals surface area contributed by atoms with E-state index in [-0.39, 0.29) is 5.82 Å². The van der Waals surface area contributed by atoms with Crippen LogP contribution in [0, 0.1) is 5.82 Å². The van der Waals surface area contributed by atoms with Crippen LogP contribution in [0.2, 0.25) is 0 Å². The summed E-state index contributed by atoms with van der Waals surface area (Å²) in [7, 11) is 4.10. The highest BCUT2D eigenvalue weighted by Crippen LogP contribution is 2.27. The number of nitrogens with zero attached hydrogens (tertiary/aromatic N) is 1. The molecule has 0 bridgehead atoms. The number of fused-ring (bicyclic) bond motifs is 1. The molecular formula is C17H17FN2. The fourth-order valence-electron chi connectivity index (χ4n) is 2.50. The van der Waals surface area contributed by atoms with Gasteiger partial charge in [-0.2, -0.15) is 0 Å². The molecule has 1 aromatic heterocycles. The first-order chi connectivity index (χ1) is 9.63. The summed E-state index contributed by atoms with van der Waals surface area (Å²) in [6.45, 7) is 0.882. The van der Waals surface area contributed by atoms with E-state index in [1.54, 1.807) is 12.1 Å². The van der Waals surface area contributed by atoms with E-state index in [2.05, 4.69) is 36.1 Å². The van der Waals surface area contributed by atoms with Crippen molar-refractivity contribution in [1.29, 1.82) is 0 Å². The van der Waals surface area contributed by atoms with Crippen LogP contribution in [0.25, 0.3) is 22.0 Å². The van der Waals surface area contributed by atoms with Crippen LogP contribution in [0.15, 0.2) is 48.7 Å². The molecule has 0 atom stereocenters. The third-order valence-corrected chi connectivity index (χ3v) is 3.41. The van der Waals surface area contributed by atoms with Crippen LogP contribution in [0.1, 0.15) is 5.56 Å². The SMILES string of the molecule is CN(C)Cc1c[nH]c2ccc(-c3cccc(F)c3)cc12. The minimum absolute atomic E-state index is 0.204. The molecule has 0 unspecified atom stereocenters. The molecule has 0 aliphatic heterocycles. The summed E-state index contributed by atoms with van der Waals surface area (Å²) in [5.74, 6) is -0.204. The number of H-pyrrole nitrogens is 1. The van der Waals surface area contributed by atoms with Gasteiger partial charge in [0.2, 0.25) is 0 Å². The first kappa shape index (κ1) is 12.9. The lowest BCUT2D eigenvalue weighted by molar-refractivity contribution is 0.404. The van der Waals surface area contributed by atoms with Crippen molar-refractivity contribution in [1.82, 2.24) is 9.88 Å². The molecule has 0 spiro atoms. The third kappa shape index (κ3) is 2.45. The molecule has 3 aromatic rings. The maximum atomic E-state index is 13.3. The Morgan fingerprint density at radius 3 is 2.60 bits per heavy atom. The summed E-state index contributed by atoms with van der Waals surface area (Å²) in [6, 6.07) is 12.9. The van der Waals surface area contributed by atoms with Crippen molar-refractivity contribution >= 4 is 10.9 Å². The maximum Gasteiger partial charge on any atom is 0.123 e. The number of nitrogens with one attached hydrogen (secondary N) is 1. The third-order valence-electron chi connectivity index (χ3n) is 3.41. The summed E-state index contributed by atoms with van der Waals surface area (Å²) < 4.78 is 13.3. The highest BCUT2D eigenvalue weighted by Gasteiger charge is 2.07. The molecule has 0 saturated carbocycles. The minimum Gasteiger partial charge on any atom is -0.361 e. The Kier molecular flexibility index (Phi) is 3.28. The van der Waals surface area contributed by atoms with Crippen molar-refractivity contribution in [3.8, 4) is 11.1 Å². The van der Waals surface area contributed by atoms with Crippen LogP contribution >= 0.6 is 0 Å². The molecule has 0 radical (unpaired) electrons. The molecule has 0 aliphatic carbocycles. The average molecular weight is 268 g/mol. The topological polar surface area (TPSA) is 19.0 Å². The summed E-state index contributed by atoms with van der Waals surface area (Å²) >= 11 is 0. The first-order valence-corrected chi connectivity index (χ1v) is 6.64. The number of benzene rings is 2. The van der Waals surface area contributed by atoms with Gasteiger partial charge in [-0.1, -0.05) is 18.2 Å². The number of rotatable bonds is 3. The van der Waals surface area contributed by atoms with E-state index >= 15 is 0 Å². The Morgan fingerprint density at radius 1 is 1.05 bits per heavy atom. The van der Waals surface area contributed by atoms with Crippen LogP contribution in [0.3, 0.4) is 0 Å². The fraction of sp³-hybridized carbons (Fsp3) is 0.176. The van der Waals surface area contributed by atoms with Gasteiger partial charge in [0.15, 0.2) is 0 Å². The first-order valence-electron chi connectivity index (χ1n) is 6.64. The van der Waals surface area contributed by atoms with Crippen LogP contribution in [0.5, 0.6) is 0 Å². The van der Waals surface area contributed by atoms with Gasteiger partial charge in [0.1, 0.15) is 5.82 Å². The van der Waals surface area contributed by atoms with E-state index in [0.717, 1.165) is 23.2 Å². The van der Waals surface area contributed by atoms with E-state index in [1.165, 1.54) is 17.0 Å². The Balaban J connectivity index is 2.09. The maximum absolute atomic E-state index is 13.3. The molecule has 2 aromatic carbocycles. The molecule has 3 heteroatoms. The fourth-order valence-corrected chi connectivity index (χ4v) is 2.50. The van der Waals surface area contributed by atoms with Gasteiger partial charge in [0.05, 0.1) is 0 Å². The molecule has 0 fully saturated rings. The molecule has 1 heterocycles. The Bertz CT molecular complexity index is 744. The zero-order valence-electron chi connectivity index (χ0n) is 11.7. The number of aromatic nitrogens is 1. The van der Waals surface area contributed by atoms with Gasteiger partial charge in [-0.05, 0) is 55.1 Å². The Labute approximate surface area is 117 Å². The normalized spacial score (nSPS) is 11.4. The van der Waals surface area contributed by atoms with Crippen molar-refractivity contribution in [2.24, 2.45) is 0 Å². The summed E-state index contributed by atoms with van der Waals surface area (Å²) in [4.78, 5) is 5.42. The van der Waals surface area contributed by atoms with Crippen LogP contribution < -0.4 is 0 Å². The lowest BCUT2D eigenvalue weighted by Gasteiger charge is -2.09.